The molecule has 0 radical (unpaired) electrons. The fraction of sp³-hybridized carbons (Fsp3) is 0.929. The number of hydrogen-bond donors (Lipinski definition) is 0. The van der Waals surface area contributed by atoms with E-state index in [4.69, 9.17) is 4.74 Å². The van der Waals surface area contributed by atoms with Crippen molar-refractivity contribution in [2.75, 3.05) is 6.61 Å². The lowest BCUT2D eigenvalue weighted by molar-refractivity contribution is -0.143. The monoisotopic (exact) mass is 619 g/mol. The molecule has 2 heteroatoms. The first kappa shape index (κ1) is 43.2. The minimum Gasteiger partial charge on any atom is -0.466 e. The predicted molar refractivity (Wildman–Crippen MR) is 198 cm³/mol. The molecule has 0 bridgehead atoms. The number of hydrogen-bond acceptors (Lipinski definition) is 2. The molecule has 0 saturated carbocycles. The summed E-state index contributed by atoms with van der Waals surface area (Å²) in [7, 11) is 0. The highest BCUT2D eigenvalue weighted by atomic mass is 16.5. The summed E-state index contributed by atoms with van der Waals surface area (Å²) in [5, 5.41) is 0. The molecule has 1 unspecified atom stereocenters. The van der Waals surface area contributed by atoms with Crippen molar-refractivity contribution in [1.82, 2.24) is 0 Å². The second-order valence-corrected chi connectivity index (χ2v) is 14.2. The first-order valence-corrected chi connectivity index (χ1v) is 20.5. The Morgan fingerprint density at radius 1 is 0.477 bits per heavy atom. The molecule has 0 amide bonds. The Morgan fingerprint density at radius 2 is 0.841 bits per heavy atom. The summed E-state index contributed by atoms with van der Waals surface area (Å²) in [6.07, 6.45) is 50.1. The molecule has 0 aromatic rings. The van der Waals surface area contributed by atoms with Gasteiger partial charge in [-0.3, -0.25) is 4.79 Å². The van der Waals surface area contributed by atoms with E-state index in [2.05, 4.69) is 32.9 Å². The molecule has 262 valence electrons. The highest BCUT2D eigenvalue weighted by Crippen LogP contribution is 2.17. The highest BCUT2D eigenvalue weighted by Gasteiger charge is 2.03. The van der Waals surface area contributed by atoms with Gasteiger partial charge in [-0.1, -0.05) is 213 Å². The van der Waals surface area contributed by atoms with Gasteiger partial charge in [-0.15, -0.1) is 0 Å². The summed E-state index contributed by atoms with van der Waals surface area (Å²) in [6, 6.07) is 0. The topological polar surface area (TPSA) is 26.3 Å². The molecule has 0 saturated heterocycles. The standard InChI is InChI=1S/C42H82O2/c1-4-6-7-8-9-10-23-27-30-33-36-39-42(43)44-40-37-34-31-28-25-22-20-18-16-14-12-11-13-15-17-19-21-24-26-29-32-35-38-41(3)5-2/h8-9,41H,4-7,10-40H2,1-3H3. The molecule has 0 N–H and O–H groups in total. The van der Waals surface area contributed by atoms with Crippen molar-refractivity contribution in [3.05, 3.63) is 12.2 Å². The Kier molecular flexibility index (Phi) is 37.7. The molecule has 0 aliphatic rings. The van der Waals surface area contributed by atoms with Crippen molar-refractivity contribution in [2.45, 2.75) is 239 Å². The van der Waals surface area contributed by atoms with E-state index in [0.29, 0.717) is 13.0 Å². The van der Waals surface area contributed by atoms with E-state index in [9.17, 15) is 4.79 Å². The number of carbonyl (C=O) groups excluding carboxylic acids is 1. The lowest BCUT2D eigenvalue weighted by Gasteiger charge is -2.07. The van der Waals surface area contributed by atoms with Gasteiger partial charge >= 0.3 is 5.97 Å². The van der Waals surface area contributed by atoms with Crippen molar-refractivity contribution in [3.8, 4) is 0 Å². The SMILES string of the molecule is CCCCC=CCCCCCCCC(=O)OCCCCCCCCCCCCCCCCCCCCCCCCC(C)CC. The van der Waals surface area contributed by atoms with Crippen LogP contribution in [0.15, 0.2) is 12.2 Å². The highest BCUT2D eigenvalue weighted by molar-refractivity contribution is 5.69. The average molecular weight is 619 g/mol. The average Bonchev–Trinajstić information content (AvgIpc) is 3.03. The summed E-state index contributed by atoms with van der Waals surface area (Å²) in [4.78, 5) is 11.9. The van der Waals surface area contributed by atoms with Crippen molar-refractivity contribution in [1.29, 1.82) is 0 Å². The van der Waals surface area contributed by atoms with E-state index in [-0.39, 0.29) is 5.97 Å². The Morgan fingerprint density at radius 3 is 1.27 bits per heavy atom. The molecule has 0 aliphatic heterocycles. The quantitative estimate of drug-likeness (QED) is 0.0393. The van der Waals surface area contributed by atoms with Gasteiger partial charge in [0.25, 0.3) is 0 Å². The van der Waals surface area contributed by atoms with E-state index < -0.39 is 0 Å². The summed E-state index contributed by atoms with van der Waals surface area (Å²) in [6.45, 7) is 7.59. The van der Waals surface area contributed by atoms with Gasteiger partial charge in [0.05, 0.1) is 6.61 Å². The van der Waals surface area contributed by atoms with E-state index >= 15 is 0 Å². The number of esters is 1. The smallest absolute Gasteiger partial charge is 0.305 e. The molecule has 0 rings (SSSR count). The molecule has 0 aromatic heterocycles. The van der Waals surface area contributed by atoms with Crippen LogP contribution in [0.5, 0.6) is 0 Å². The van der Waals surface area contributed by atoms with E-state index in [0.717, 1.165) is 25.2 Å². The molecule has 44 heavy (non-hydrogen) atoms. The van der Waals surface area contributed by atoms with Crippen molar-refractivity contribution >= 4 is 5.97 Å². The largest absolute Gasteiger partial charge is 0.466 e. The van der Waals surface area contributed by atoms with Crippen LogP contribution >= 0.6 is 0 Å². The lowest BCUT2D eigenvalue weighted by atomic mass is 9.99. The summed E-state index contributed by atoms with van der Waals surface area (Å²) in [5.41, 5.74) is 0. The molecule has 0 aliphatic carbocycles. The maximum Gasteiger partial charge on any atom is 0.305 e. The molecule has 1 atom stereocenters. The molecule has 0 heterocycles. The van der Waals surface area contributed by atoms with Crippen LogP contribution in [0.2, 0.25) is 0 Å². The first-order valence-electron chi connectivity index (χ1n) is 20.5. The number of rotatable bonds is 37. The van der Waals surface area contributed by atoms with Crippen LogP contribution in [0, 0.1) is 5.92 Å². The number of carbonyl (C=O) groups is 1. The molecule has 0 aromatic carbocycles. The summed E-state index contributed by atoms with van der Waals surface area (Å²) < 4.78 is 5.44. The van der Waals surface area contributed by atoms with Gasteiger partial charge in [-0.05, 0) is 38.0 Å². The maximum atomic E-state index is 11.9. The normalized spacial score (nSPS) is 12.3. The lowest BCUT2D eigenvalue weighted by Crippen LogP contribution is -2.05. The van der Waals surface area contributed by atoms with Crippen molar-refractivity contribution in [3.63, 3.8) is 0 Å². The molecule has 2 nitrogen and oxygen atoms in total. The predicted octanol–water partition coefficient (Wildman–Crippen LogP) is 15.0. The van der Waals surface area contributed by atoms with Gasteiger partial charge in [0.1, 0.15) is 0 Å². The maximum absolute atomic E-state index is 11.9. The molecular formula is C42H82O2. The zero-order valence-electron chi connectivity index (χ0n) is 30.8. The summed E-state index contributed by atoms with van der Waals surface area (Å²) >= 11 is 0. The van der Waals surface area contributed by atoms with Gasteiger partial charge in [-0.25, -0.2) is 0 Å². The third-order valence-electron chi connectivity index (χ3n) is 9.69. The van der Waals surface area contributed by atoms with Crippen LogP contribution in [0.1, 0.15) is 239 Å². The number of unbranched alkanes of at least 4 members (excludes halogenated alkanes) is 28. The fourth-order valence-corrected chi connectivity index (χ4v) is 6.21. The van der Waals surface area contributed by atoms with E-state index in [1.807, 2.05) is 0 Å². The van der Waals surface area contributed by atoms with Crippen molar-refractivity contribution < 1.29 is 9.53 Å². The molecule has 0 spiro atoms. The minimum atomic E-state index is 0.0167. The van der Waals surface area contributed by atoms with Crippen LogP contribution in [0.4, 0.5) is 0 Å². The Balaban J connectivity index is 3.15. The number of allylic oxidation sites excluding steroid dienone is 2. The van der Waals surface area contributed by atoms with Gasteiger partial charge in [0.15, 0.2) is 0 Å². The second kappa shape index (κ2) is 38.4. The van der Waals surface area contributed by atoms with Crippen LogP contribution < -0.4 is 0 Å². The van der Waals surface area contributed by atoms with Gasteiger partial charge in [0, 0.05) is 6.42 Å². The zero-order chi connectivity index (χ0) is 32.0. The Bertz CT molecular complexity index is 568. The summed E-state index contributed by atoms with van der Waals surface area (Å²) in [5.74, 6) is 0.953. The van der Waals surface area contributed by atoms with Crippen LogP contribution in [0.25, 0.3) is 0 Å². The minimum absolute atomic E-state index is 0.0167. The third kappa shape index (κ3) is 37.4. The Hall–Kier alpha value is -0.790. The Labute approximate surface area is 278 Å². The van der Waals surface area contributed by atoms with E-state index in [1.54, 1.807) is 0 Å². The van der Waals surface area contributed by atoms with Crippen molar-refractivity contribution in [2.24, 2.45) is 5.92 Å². The number of ether oxygens (including phenoxy) is 1. The molecular weight excluding hydrogens is 536 g/mol. The van der Waals surface area contributed by atoms with Crippen LogP contribution in [0.3, 0.4) is 0 Å². The van der Waals surface area contributed by atoms with Crippen LogP contribution in [-0.2, 0) is 9.53 Å². The zero-order valence-corrected chi connectivity index (χ0v) is 30.8. The van der Waals surface area contributed by atoms with Gasteiger partial charge < -0.3 is 4.74 Å². The van der Waals surface area contributed by atoms with Gasteiger partial charge in [0.2, 0.25) is 0 Å². The van der Waals surface area contributed by atoms with Crippen LogP contribution in [-0.4, -0.2) is 12.6 Å². The van der Waals surface area contributed by atoms with E-state index in [1.165, 1.54) is 193 Å². The molecule has 0 fully saturated rings. The first-order chi connectivity index (χ1) is 21.7. The second-order valence-electron chi connectivity index (χ2n) is 14.2. The van der Waals surface area contributed by atoms with Gasteiger partial charge in [-0.2, -0.15) is 0 Å². The fourth-order valence-electron chi connectivity index (χ4n) is 6.21. The third-order valence-corrected chi connectivity index (χ3v) is 9.69.